The van der Waals surface area contributed by atoms with Crippen molar-refractivity contribution in [1.82, 2.24) is 0 Å². The zero-order chi connectivity index (χ0) is 21.4. The van der Waals surface area contributed by atoms with Crippen LogP contribution in [-0.4, -0.2) is 37.0 Å². The summed E-state index contributed by atoms with van der Waals surface area (Å²) < 4.78 is 10.9. The van der Waals surface area contributed by atoms with Crippen LogP contribution in [0.25, 0.3) is 0 Å². The molecule has 0 radical (unpaired) electrons. The molecule has 0 aromatic heterocycles. The molecule has 4 nitrogen and oxygen atoms in total. The van der Waals surface area contributed by atoms with E-state index in [1.807, 2.05) is 0 Å². The molecule has 0 aliphatic carbocycles. The first kappa shape index (κ1) is 28.4. The van der Waals surface area contributed by atoms with Crippen molar-refractivity contribution in [2.75, 3.05) is 19.8 Å². The molecular formula is C25H50O4. The third-order valence-corrected chi connectivity index (χ3v) is 5.43. The summed E-state index contributed by atoms with van der Waals surface area (Å²) in [7, 11) is 0. The van der Waals surface area contributed by atoms with Gasteiger partial charge in [-0.15, -0.1) is 0 Å². The van der Waals surface area contributed by atoms with Crippen molar-refractivity contribution in [2.24, 2.45) is 0 Å². The average molecular weight is 415 g/mol. The summed E-state index contributed by atoms with van der Waals surface area (Å²) in [6.07, 6.45) is 21.2. The zero-order valence-electron chi connectivity index (χ0n) is 19.6. The number of carbonyl (C=O) groups is 1. The number of carbonyl (C=O) groups excluding carboxylic acids is 1. The van der Waals surface area contributed by atoms with Crippen LogP contribution in [0.1, 0.15) is 129 Å². The molecule has 0 aliphatic rings. The molecule has 0 rings (SSSR count). The highest BCUT2D eigenvalue weighted by Crippen LogP contribution is 2.12. The van der Waals surface area contributed by atoms with Gasteiger partial charge in [-0.25, -0.2) is 0 Å². The molecule has 29 heavy (non-hydrogen) atoms. The Balaban J connectivity index is 3.46. The van der Waals surface area contributed by atoms with E-state index in [0.29, 0.717) is 19.6 Å². The molecule has 4 heteroatoms. The lowest BCUT2D eigenvalue weighted by atomic mass is 10.1. The van der Waals surface area contributed by atoms with E-state index in [2.05, 4.69) is 13.8 Å². The Morgan fingerprint density at radius 3 is 1.62 bits per heavy atom. The molecule has 0 saturated carbocycles. The number of ether oxygens (including phenoxy) is 2. The van der Waals surface area contributed by atoms with Gasteiger partial charge in [-0.05, 0) is 12.8 Å². The van der Waals surface area contributed by atoms with Gasteiger partial charge in [0.25, 0.3) is 0 Å². The standard InChI is InChI=1S/C25H50O4/c1-3-5-7-9-11-12-13-14-16-18-20-25(27)29-24(22-26)23-28-21-19-17-15-10-8-6-4-2/h24,26H,3-23H2,1-2H3. The van der Waals surface area contributed by atoms with Crippen LogP contribution >= 0.6 is 0 Å². The van der Waals surface area contributed by atoms with Gasteiger partial charge in [0.05, 0.1) is 13.2 Å². The van der Waals surface area contributed by atoms with Gasteiger partial charge >= 0.3 is 5.97 Å². The Bertz CT molecular complexity index is 333. The van der Waals surface area contributed by atoms with Gasteiger partial charge < -0.3 is 14.6 Å². The Morgan fingerprint density at radius 2 is 1.14 bits per heavy atom. The van der Waals surface area contributed by atoms with E-state index in [1.54, 1.807) is 0 Å². The molecular weight excluding hydrogens is 364 g/mol. The second-order valence-corrected chi connectivity index (χ2v) is 8.42. The molecule has 1 N–H and O–H groups in total. The molecule has 0 spiro atoms. The van der Waals surface area contributed by atoms with Crippen molar-refractivity contribution >= 4 is 5.97 Å². The van der Waals surface area contributed by atoms with Crippen LogP contribution in [0.3, 0.4) is 0 Å². The summed E-state index contributed by atoms with van der Waals surface area (Å²) >= 11 is 0. The molecule has 1 unspecified atom stereocenters. The second-order valence-electron chi connectivity index (χ2n) is 8.42. The highest BCUT2D eigenvalue weighted by molar-refractivity contribution is 5.69. The molecule has 1 atom stereocenters. The van der Waals surface area contributed by atoms with Crippen molar-refractivity contribution in [2.45, 2.75) is 136 Å². The zero-order valence-corrected chi connectivity index (χ0v) is 19.6. The highest BCUT2D eigenvalue weighted by Gasteiger charge is 2.13. The maximum atomic E-state index is 11.9. The first-order valence-electron chi connectivity index (χ1n) is 12.6. The monoisotopic (exact) mass is 414 g/mol. The molecule has 0 fully saturated rings. The van der Waals surface area contributed by atoms with Crippen LogP contribution in [0.4, 0.5) is 0 Å². The fourth-order valence-electron chi connectivity index (χ4n) is 3.50. The highest BCUT2D eigenvalue weighted by atomic mass is 16.6. The number of unbranched alkanes of at least 4 members (excludes halogenated alkanes) is 15. The molecule has 0 saturated heterocycles. The third-order valence-electron chi connectivity index (χ3n) is 5.43. The number of aliphatic hydroxyl groups is 1. The van der Waals surface area contributed by atoms with Crippen LogP contribution < -0.4 is 0 Å². The summed E-state index contributed by atoms with van der Waals surface area (Å²) in [5.41, 5.74) is 0. The van der Waals surface area contributed by atoms with Crippen LogP contribution in [0.15, 0.2) is 0 Å². The lowest BCUT2D eigenvalue weighted by Crippen LogP contribution is -2.27. The van der Waals surface area contributed by atoms with Crippen LogP contribution in [-0.2, 0) is 14.3 Å². The average Bonchev–Trinajstić information content (AvgIpc) is 2.73. The Labute approximate surface area is 181 Å². The van der Waals surface area contributed by atoms with Gasteiger partial charge in [-0.2, -0.15) is 0 Å². The predicted octanol–water partition coefficient (Wildman–Crippen LogP) is 6.97. The molecule has 0 amide bonds. The van der Waals surface area contributed by atoms with E-state index in [4.69, 9.17) is 9.47 Å². The number of hydrogen-bond acceptors (Lipinski definition) is 4. The van der Waals surface area contributed by atoms with E-state index in [-0.39, 0.29) is 12.6 Å². The number of rotatable bonds is 23. The molecule has 0 aliphatic heterocycles. The minimum atomic E-state index is -0.518. The van der Waals surface area contributed by atoms with Gasteiger partial charge in [0, 0.05) is 13.0 Å². The smallest absolute Gasteiger partial charge is 0.306 e. The third kappa shape index (κ3) is 21.9. The molecule has 0 heterocycles. The fraction of sp³-hybridized carbons (Fsp3) is 0.960. The lowest BCUT2D eigenvalue weighted by Gasteiger charge is -2.15. The van der Waals surface area contributed by atoms with Crippen molar-refractivity contribution in [3.63, 3.8) is 0 Å². The Kier molecular flexibility index (Phi) is 23.2. The summed E-state index contributed by atoms with van der Waals surface area (Å²) in [6, 6.07) is 0. The van der Waals surface area contributed by atoms with E-state index < -0.39 is 6.10 Å². The SMILES string of the molecule is CCCCCCCCCCCCC(=O)OC(CO)COCCCCCCCCC. The van der Waals surface area contributed by atoms with Gasteiger partial charge in [0.15, 0.2) is 0 Å². The molecule has 0 aromatic rings. The minimum Gasteiger partial charge on any atom is -0.457 e. The van der Waals surface area contributed by atoms with Crippen molar-refractivity contribution < 1.29 is 19.4 Å². The molecule has 0 bridgehead atoms. The van der Waals surface area contributed by atoms with E-state index in [9.17, 15) is 9.90 Å². The normalized spacial score (nSPS) is 12.2. The number of hydrogen-bond donors (Lipinski definition) is 1. The quantitative estimate of drug-likeness (QED) is 0.145. The summed E-state index contributed by atoms with van der Waals surface area (Å²) in [4.78, 5) is 11.9. The number of aliphatic hydroxyl groups excluding tert-OH is 1. The fourth-order valence-corrected chi connectivity index (χ4v) is 3.50. The summed E-state index contributed by atoms with van der Waals surface area (Å²) in [6.45, 7) is 5.30. The van der Waals surface area contributed by atoms with E-state index in [0.717, 1.165) is 19.3 Å². The largest absolute Gasteiger partial charge is 0.457 e. The first-order valence-corrected chi connectivity index (χ1v) is 12.6. The Morgan fingerprint density at radius 1 is 0.690 bits per heavy atom. The van der Waals surface area contributed by atoms with Gasteiger partial charge in [0.2, 0.25) is 0 Å². The maximum absolute atomic E-state index is 11.9. The lowest BCUT2D eigenvalue weighted by molar-refractivity contribution is -0.154. The van der Waals surface area contributed by atoms with Crippen LogP contribution in [0.5, 0.6) is 0 Å². The van der Waals surface area contributed by atoms with Gasteiger partial charge in [-0.3, -0.25) is 4.79 Å². The second kappa shape index (κ2) is 23.7. The van der Waals surface area contributed by atoms with Gasteiger partial charge in [-0.1, -0.05) is 110 Å². The van der Waals surface area contributed by atoms with E-state index in [1.165, 1.54) is 89.9 Å². The first-order chi connectivity index (χ1) is 14.2. The topological polar surface area (TPSA) is 55.8 Å². The predicted molar refractivity (Wildman–Crippen MR) is 122 cm³/mol. The summed E-state index contributed by atoms with van der Waals surface area (Å²) in [5, 5.41) is 9.39. The molecule has 174 valence electrons. The van der Waals surface area contributed by atoms with Crippen molar-refractivity contribution in [1.29, 1.82) is 0 Å². The molecule has 0 aromatic carbocycles. The Hall–Kier alpha value is -0.610. The van der Waals surface area contributed by atoms with Crippen LogP contribution in [0.2, 0.25) is 0 Å². The van der Waals surface area contributed by atoms with E-state index >= 15 is 0 Å². The minimum absolute atomic E-state index is 0.166. The summed E-state index contributed by atoms with van der Waals surface area (Å²) in [5.74, 6) is -0.205. The van der Waals surface area contributed by atoms with Gasteiger partial charge in [0.1, 0.15) is 6.10 Å². The maximum Gasteiger partial charge on any atom is 0.306 e. The van der Waals surface area contributed by atoms with Crippen molar-refractivity contribution in [3.8, 4) is 0 Å². The number of esters is 1. The van der Waals surface area contributed by atoms with Crippen molar-refractivity contribution in [3.05, 3.63) is 0 Å². The van der Waals surface area contributed by atoms with Crippen LogP contribution in [0, 0.1) is 0 Å².